The molecule has 0 saturated heterocycles. The molecule has 3 aliphatic rings. The summed E-state index contributed by atoms with van der Waals surface area (Å²) in [5.74, 6) is 4.35. The summed E-state index contributed by atoms with van der Waals surface area (Å²) in [6.45, 7) is 0. The highest BCUT2D eigenvalue weighted by molar-refractivity contribution is 6.11. The lowest BCUT2D eigenvalue weighted by molar-refractivity contribution is 0.180. The second-order valence-electron chi connectivity index (χ2n) is 8.13. The summed E-state index contributed by atoms with van der Waals surface area (Å²) in [7, 11) is 6.05. The maximum absolute atomic E-state index is 6.05. The average Bonchev–Trinajstić information content (AvgIpc) is 2.55. The fourth-order valence-corrected chi connectivity index (χ4v) is 5.07. The minimum absolute atomic E-state index is 0.510. The lowest BCUT2D eigenvalue weighted by Gasteiger charge is -2.37. The molecule has 0 aromatic rings. The van der Waals surface area contributed by atoms with E-state index in [4.69, 9.17) is 7.85 Å². The van der Waals surface area contributed by atoms with Crippen molar-refractivity contribution in [3.63, 3.8) is 0 Å². The first-order chi connectivity index (χ1) is 10.3. The first kappa shape index (κ1) is 15.7. The molecule has 0 unspecified atom stereocenters. The Morgan fingerprint density at radius 2 is 1.00 bits per heavy atom. The smallest absolute Gasteiger partial charge is 0.0699 e. The predicted molar refractivity (Wildman–Crippen MR) is 92.6 cm³/mol. The van der Waals surface area contributed by atoms with Crippen molar-refractivity contribution in [3.8, 4) is 0 Å². The zero-order chi connectivity index (χ0) is 14.5. The van der Waals surface area contributed by atoms with Crippen LogP contribution in [0.1, 0.15) is 83.5 Å². The second-order valence-corrected chi connectivity index (χ2v) is 8.13. The molecule has 0 aliphatic heterocycles. The van der Waals surface area contributed by atoms with Gasteiger partial charge in [-0.05, 0) is 62.2 Å². The third kappa shape index (κ3) is 4.63. The van der Waals surface area contributed by atoms with E-state index in [2.05, 4.69) is 12.2 Å². The second kappa shape index (κ2) is 7.88. The van der Waals surface area contributed by atoms with Crippen molar-refractivity contribution < 1.29 is 0 Å². The molecule has 3 fully saturated rings. The van der Waals surface area contributed by atoms with Crippen molar-refractivity contribution in [1.29, 1.82) is 0 Å². The Hall–Kier alpha value is -0.195. The fraction of sp³-hybridized carbons (Fsp3) is 0.900. The molecule has 0 aromatic heterocycles. The molecule has 3 aliphatic carbocycles. The normalized spacial score (nSPS) is 39.6. The van der Waals surface area contributed by atoms with Crippen LogP contribution < -0.4 is 0 Å². The number of hydrogen-bond acceptors (Lipinski definition) is 0. The Bertz CT molecular complexity index is 313. The van der Waals surface area contributed by atoms with E-state index in [-0.39, 0.29) is 0 Å². The number of hydrogen-bond donors (Lipinski definition) is 0. The molecular formula is C20H33B. The molecule has 21 heavy (non-hydrogen) atoms. The third-order valence-corrected chi connectivity index (χ3v) is 6.60. The van der Waals surface area contributed by atoms with Gasteiger partial charge in [-0.1, -0.05) is 62.9 Å². The molecule has 0 N–H and O–H groups in total. The van der Waals surface area contributed by atoms with Crippen LogP contribution in [0.3, 0.4) is 0 Å². The molecule has 1 heteroatoms. The number of allylic oxidation sites excluding steroid dienone is 2. The third-order valence-electron chi connectivity index (χ3n) is 6.60. The monoisotopic (exact) mass is 284 g/mol. The van der Waals surface area contributed by atoms with E-state index in [0.717, 1.165) is 23.7 Å². The van der Waals surface area contributed by atoms with Crippen molar-refractivity contribution in [1.82, 2.24) is 0 Å². The molecule has 0 nitrogen and oxygen atoms in total. The molecule has 0 aromatic carbocycles. The molecule has 0 bridgehead atoms. The molecule has 0 heterocycles. The Kier molecular flexibility index (Phi) is 5.89. The van der Waals surface area contributed by atoms with Crippen molar-refractivity contribution in [2.24, 2.45) is 23.7 Å². The van der Waals surface area contributed by atoms with Gasteiger partial charge in [-0.2, -0.15) is 0 Å². The maximum Gasteiger partial charge on any atom is 0.0699 e. The largest absolute Gasteiger partial charge is 0.0851 e. The van der Waals surface area contributed by atoms with Crippen LogP contribution in [-0.2, 0) is 0 Å². The van der Waals surface area contributed by atoms with Crippen molar-refractivity contribution in [3.05, 3.63) is 12.2 Å². The fourth-order valence-electron chi connectivity index (χ4n) is 5.07. The molecule has 2 radical (unpaired) electrons. The van der Waals surface area contributed by atoms with Crippen LogP contribution in [0.2, 0.25) is 5.82 Å². The molecule has 0 spiro atoms. The van der Waals surface area contributed by atoms with Crippen molar-refractivity contribution in [2.75, 3.05) is 0 Å². The zero-order valence-electron chi connectivity index (χ0n) is 13.8. The Morgan fingerprint density at radius 3 is 1.57 bits per heavy atom. The van der Waals surface area contributed by atoms with Gasteiger partial charge in [-0.25, -0.2) is 0 Å². The Labute approximate surface area is 133 Å². The SMILES string of the molecule is [B]C1CCC(C2CCC(/C=C/C3CCCCC3)CC2)CC1. The van der Waals surface area contributed by atoms with Crippen LogP contribution in [0.25, 0.3) is 0 Å². The highest BCUT2D eigenvalue weighted by atomic mass is 14.3. The van der Waals surface area contributed by atoms with E-state index in [1.54, 1.807) is 0 Å². The van der Waals surface area contributed by atoms with Crippen LogP contribution in [0.15, 0.2) is 12.2 Å². The van der Waals surface area contributed by atoms with Crippen molar-refractivity contribution in [2.45, 2.75) is 89.3 Å². The molecule has 0 amide bonds. The van der Waals surface area contributed by atoms with E-state index in [1.807, 2.05) is 0 Å². The molecule has 0 atom stereocenters. The standard InChI is InChI=1S/C20H33B/c21-20-14-12-19(13-15-20)18-10-8-17(9-11-18)7-6-16-4-2-1-3-5-16/h6-7,16-20H,1-5,8-15H2/b7-6+. The van der Waals surface area contributed by atoms with Gasteiger partial charge in [0, 0.05) is 0 Å². The first-order valence-corrected chi connectivity index (χ1v) is 9.75. The van der Waals surface area contributed by atoms with Crippen LogP contribution in [0.4, 0.5) is 0 Å². The first-order valence-electron chi connectivity index (χ1n) is 9.75. The highest BCUT2D eigenvalue weighted by Crippen LogP contribution is 2.42. The van der Waals surface area contributed by atoms with E-state index in [9.17, 15) is 0 Å². The van der Waals surface area contributed by atoms with Gasteiger partial charge >= 0.3 is 0 Å². The summed E-state index contributed by atoms with van der Waals surface area (Å²) < 4.78 is 0. The topological polar surface area (TPSA) is 0 Å². The summed E-state index contributed by atoms with van der Waals surface area (Å²) >= 11 is 0. The molecule has 3 saturated carbocycles. The average molecular weight is 284 g/mol. The van der Waals surface area contributed by atoms with Gasteiger partial charge in [0.15, 0.2) is 0 Å². The Balaban J connectivity index is 1.39. The van der Waals surface area contributed by atoms with Crippen LogP contribution in [0.5, 0.6) is 0 Å². The molecular weight excluding hydrogens is 251 g/mol. The predicted octanol–water partition coefficient (Wildman–Crippen LogP) is 6.08. The van der Waals surface area contributed by atoms with E-state index < -0.39 is 0 Å². The molecule has 116 valence electrons. The minimum atomic E-state index is 0.510. The summed E-state index contributed by atoms with van der Waals surface area (Å²) in [6, 6.07) is 0. The van der Waals surface area contributed by atoms with E-state index >= 15 is 0 Å². The molecule has 3 rings (SSSR count). The maximum atomic E-state index is 6.05. The lowest BCUT2D eigenvalue weighted by atomic mass is 9.65. The van der Waals surface area contributed by atoms with Gasteiger partial charge in [0.2, 0.25) is 0 Å². The summed E-state index contributed by atoms with van der Waals surface area (Å²) in [5, 5.41) is 0. The van der Waals surface area contributed by atoms with Crippen molar-refractivity contribution >= 4 is 7.85 Å². The lowest BCUT2D eigenvalue weighted by Crippen LogP contribution is -2.24. The zero-order valence-corrected chi connectivity index (χ0v) is 13.8. The highest BCUT2D eigenvalue weighted by Gasteiger charge is 2.29. The van der Waals surface area contributed by atoms with Gasteiger partial charge in [0.05, 0.1) is 7.85 Å². The quantitative estimate of drug-likeness (QED) is 0.435. The van der Waals surface area contributed by atoms with Crippen LogP contribution >= 0.6 is 0 Å². The van der Waals surface area contributed by atoms with Gasteiger partial charge in [0.1, 0.15) is 0 Å². The van der Waals surface area contributed by atoms with Gasteiger partial charge in [-0.3, -0.25) is 0 Å². The van der Waals surface area contributed by atoms with Gasteiger partial charge in [0.25, 0.3) is 0 Å². The van der Waals surface area contributed by atoms with Crippen LogP contribution in [-0.4, -0.2) is 7.85 Å². The summed E-state index contributed by atoms with van der Waals surface area (Å²) in [4.78, 5) is 0. The van der Waals surface area contributed by atoms with E-state index in [0.29, 0.717) is 5.82 Å². The Morgan fingerprint density at radius 1 is 0.524 bits per heavy atom. The van der Waals surface area contributed by atoms with Gasteiger partial charge in [-0.15, -0.1) is 0 Å². The summed E-state index contributed by atoms with van der Waals surface area (Å²) in [5.41, 5.74) is 0. The van der Waals surface area contributed by atoms with Gasteiger partial charge < -0.3 is 0 Å². The summed E-state index contributed by atoms with van der Waals surface area (Å²) in [6.07, 6.45) is 23.8. The van der Waals surface area contributed by atoms with E-state index in [1.165, 1.54) is 83.5 Å². The van der Waals surface area contributed by atoms with Crippen LogP contribution in [0, 0.1) is 23.7 Å². The number of rotatable bonds is 3. The minimum Gasteiger partial charge on any atom is -0.0851 e.